The van der Waals surface area contributed by atoms with E-state index in [-0.39, 0.29) is 43.9 Å². The van der Waals surface area contributed by atoms with E-state index in [9.17, 15) is 16.8 Å². The van der Waals surface area contributed by atoms with E-state index in [4.69, 9.17) is 22.9 Å². The van der Waals surface area contributed by atoms with Gasteiger partial charge in [-0.2, -0.15) is 0 Å². The number of hydrogen-bond donors (Lipinski definition) is 6. The second-order valence-corrected chi connectivity index (χ2v) is 9.83. The molecule has 12 heteroatoms. The first-order valence-corrected chi connectivity index (χ1v) is 11.4. The maximum absolute atomic E-state index is 12.6. The minimum Gasteiger partial charge on any atom is -0.399 e. The first-order valence-electron chi connectivity index (χ1n) is 8.42. The van der Waals surface area contributed by atoms with Gasteiger partial charge < -0.3 is 22.9 Å². The fourth-order valence-electron chi connectivity index (χ4n) is 2.68. The summed E-state index contributed by atoms with van der Waals surface area (Å²) in [4.78, 5) is -0.248. The predicted molar refractivity (Wildman–Crippen MR) is 119 cm³/mol. The lowest BCUT2D eigenvalue weighted by molar-refractivity contribution is 0.600. The Labute approximate surface area is 174 Å². The quantitative estimate of drug-likeness (QED) is 0.306. The van der Waals surface area contributed by atoms with Crippen LogP contribution in [0.3, 0.4) is 0 Å². The highest BCUT2D eigenvalue weighted by molar-refractivity contribution is 7.93. The molecule has 0 fully saturated rings. The van der Waals surface area contributed by atoms with Crippen molar-refractivity contribution >= 4 is 54.2 Å². The molecule has 0 bridgehead atoms. The molecule has 3 rings (SSSR count). The zero-order chi connectivity index (χ0) is 22.1. The Morgan fingerprint density at radius 1 is 0.533 bits per heavy atom. The van der Waals surface area contributed by atoms with Gasteiger partial charge in [0.1, 0.15) is 0 Å². The Morgan fingerprint density at radius 3 is 1.20 bits per heavy atom. The molecule has 0 spiro atoms. The summed E-state index contributed by atoms with van der Waals surface area (Å²) in [5.74, 6) is 0. The topological polar surface area (TPSA) is 196 Å². The van der Waals surface area contributed by atoms with Gasteiger partial charge in [0, 0.05) is 22.7 Å². The maximum Gasteiger partial charge on any atom is 0.262 e. The Hall–Kier alpha value is -3.64. The normalized spacial score (nSPS) is 11.7. The smallest absolute Gasteiger partial charge is 0.262 e. The van der Waals surface area contributed by atoms with Gasteiger partial charge in [-0.05, 0) is 54.6 Å². The van der Waals surface area contributed by atoms with Crippen molar-refractivity contribution in [1.29, 1.82) is 0 Å². The lowest BCUT2D eigenvalue weighted by atomic mass is 10.3. The van der Waals surface area contributed by atoms with E-state index in [1.165, 1.54) is 60.7 Å². The molecular weight excluding hydrogens is 428 g/mol. The van der Waals surface area contributed by atoms with Crippen molar-refractivity contribution in [2.45, 2.75) is 9.79 Å². The van der Waals surface area contributed by atoms with Crippen molar-refractivity contribution in [2.24, 2.45) is 0 Å². The first kappa shape index (κ1) is 21.1. The molecule has 0 heterocycles. The third-order valence-corrected chi connectivity index (χ3v) is 6.61. The van der Waals surface area contributed by atoms with Crippen LogP contribution in [0.1, 0.15) is 0 Å². The van der Waals surface area contributed by atoms with Gasteiger partial charge in [-0.3, -0.25) is 9.44 Å². The molecule has 30 heavy (non-hydrogen) atoms. The number of anilines is 6. The van der Waals surface area contributed by atoms with Gasteiger partial charge in [0.25, 0.3) is 20.0 Å². The minimum atomic E-state index is -4.00. The van der Waals surface area contributed by atoms with Crippen molar-refractivity contribution < 1.29 is 16.8 Å². The van der Waals surface area contributed by atoms with Crippen LogP contribution in [0.25, 0.3) is 0 Å². The number of rotatable bonds is 6. The monoisotopic (exact) mass is 448 g/mol. The summed E-state index contributed by atoms with van der Waals surface area (Å²) in [6.07, 6.45) is 0. The van der Waals surface area contributed by atoms with Crippen LogP contribution >= 0.6 is 0 Å². The standard InChI is InChI=1S/C18H20N6O4S2/c19-11-4-12(20)7-17(6-11)29(25,26)23-15-2-1-3-16(10-15)24-30(27,28)18-8-13(21)5-14(22)9-18/h1-10,23-24H,19-22H2. The molecule has 0 aliphatic heterocycles. The number of nitrogens with two attached hydrogens (primary N) is 4. The number of sulfonamides is 2. The summed E-state index contributed by atoms with van der Waals surface area (Å²) in [7, 11) is -8.00. The fraction of sp³-hybridized carbons (Fsp3) is 0. The number of hydrogen-bond acceptors (Lipinski definition) is 8. The van der Waals surface area contributed by atoms with Crippen molar-refractivity contribution in [2.75, 3.05) is 32.4 Å². The van der Waals surface area contributed by atoms with Gasteiger partial charge in [-0.1, -0.05) is 6.07 Å². The van der Waals surface area contributed by atoms with Crippen LogP contribution in [-0.4, -0.2) is 16.8 Å². The molecule has 3 aromatic carbocycles. The van der Waals surface area contributed by atoms with Crippen LogP contribution < -0.4 is 32.4 Å². The van der Waals surface area contributed by atoms with Crippen molar-refractivity contribution in [3.8, 4) is 0 Å². The van der Waals surface area contributed by atoms with E-state index < -0.39 is 20.0 Å². The average Bonchev–Trinajstić information content (AvgIpc) is 2.59. The van der Waals surface area contributed by atoms with E-state index in [1.807, 2.05) is 0 Å². The highest BCUT2D eigenvalue weighted by Gasteiger charge is 2.18. The van der Waals surface area contributed by atoms with E-state index in [0.717, 1.165) is 0 Å². The van der Waals surface area contributed by atoms with Crippen LogP contribution in [0.4, 0.5) is 34.1 Å². The molecule has 3 aromatic rings. The number of nitrogens with one attached hydrogen (secondary N) is 2. The Bertz CT molecular complexity index is 1190. The van der Waals surface area contributed by atoms with Gasteiger partial charge in [0.2, 0.25) is 0 Å². The Balaban J connectivity index is 1.87. The molecule has 158 valence electrons. The molecule has 0 atom stereocenters. The van der Waals surface area contributed by atoms with Crippen LogP contribution in [0.5, 0.6) is 0 Å². The SMILES string of the molecule is Nc1cc(N)cc(S(=O)(=O)Nc2cccc(NS(=O)(=O)c3cc(N)cc(N)c3)c2)c1. The zero-order valence-corrected chi connectivity index (χ0v) is 17.2. The van der Waals surface area contributed by atoms with Gasteiger partial charge in [0.15, 0.2) is 0 Å². The third-order valence-electron chi connectivity index (χ3n) is 3.89. The maximum atomic E-state index is 12.6. The molecule has 10 nitrogen and oxygen atoms in total. The van der Waals surface area contributed by atoms with Crippen LogP contribution in [0.2, 0.25) is 0 Å². The number of benzene rings is 3. The highest BCUT2D eigenvalue weighted by atomic mass is 32.2. The second-order valence-electron chi connectivity index (χ2n) is 6.46. The van der Waals surface area contributed by atoms with E-state index in [1.54, 1.807) is 0 Å². The molecule has 0 radical (unpaired) electrons. The lowest BCUT2D eigenvalue weighted by Crippen LogP contribution is -2.15. The molecule has 0 amide bonds. The molecule has 0 aliphatic rings. The molecule has 0 aromatic heterocycles. The molecule has 0 unspecified atom stereocenters. The summed E-state index contributed by atoms with van der Waals surface area (Å²) in [6.45, 7) is 0. The van der Waals surface area contributed by atoms with Crippen LogP contribution in [0, 0.1) is 0 Å². The first-order chi connectivity index (χ1) is 13.9. The van der Waals surface area contributed by atoms with E-state index in [2.05, 4.69) is 9.44 Å². The summed E-state index contributed by atoms with van der Waals surface area (Å²) < 4.78 is 55.2. The summed E-state index contributed by atoms with van der Waals surface area (Å²) in [5, 5.41) is 0. The molecular formula is C18H20N6O4S2. The van der Waals surface area contributed by atoms with Crippen LogP contribution in [0.15, 0.2) is 70.5 Å². The van der Waals surface area contributed by atoms with Gasteiger partial charge in [-0.25, -0.2) is 16.8 Å². The van der Waals surface area contributed by atoms with Gasteiger partial charge >= 0.3 is 0 Å². The average molecular weight is 449 g/mol. The molecule has 0 aliphatic carbocycles. The van der Waals surface area contributed by atoms with Crippen molar-refractivity contribution in [3.63, 3.8) is 0 Å². The third kappa shape index (κ3) is 4.85. The second kappa shape index (κ2) is 7.65. The largest absolute Gasteiger partial charge is 0.399 e. The van der Waals surface area contributed by atoms with E-state index >= 15 is 0 Å². The number of nitrogen functional groups attached to an aromatic ring is 4. The molecule has 0 saturated carbocycles. The predicted octanol–water partition coefficient (Wildman–Crippen LogP) is 1.62. The molecule has 10 N–H and O–H groups in total. The Kier molecular flexibility index (Phi) is 5.37. The highest BCUT2D eigenvalue weighted by Crippen LogP contribution is 2.25. The lowest BCUT2D eigenvalue weighted by Gasteiger charge is -2.13. The van der Waals surface area contributed by atoms with Crippen molar-refractivity contribution in [1.82, 2.24) is 0 Å². The van der Waals surface area contributed by atoms with Gasteiger partial charge in [-0.15, -0.1) is 0 Å². The summed E-state index contributed by atoms with van der Waals surface area (Å²) >= 11 is 0. The van der Waals surface area contributed by atoms with Gasteiger partial charge in [0.05, 0.1) is 21.2 Å². The fourth-order valence-corrected chi connectivity index (χ4v) is 4.95. The summed E-state index contributed by atoms with van der Waals surface area (Å²) in [6, 6.07) is 13.6. The van der Waals surface area contributed by atoms with Crippen LogP contribution in [-0.2, 0) is 20.0 Å². The van der Waals surface area contributed by atoms with Crippen molar-refractivity contribution in [3.05, 3.63) is 60.7 Å². The minimum absolute atomic E-state index is 0.124. The summed E-state index contributed by atoms with van der Waals surface area (Å²) in [5.41, 5.74) is 23.6. The Morgan fingerprint density at radius 2 is 0.867 bits per heavy atom. The molecule has 0 saturated heterocycles. The van der Waals surface area contributed by atoms with E-state index in [0.29, 0.717) is 0 Å². The zero-order valence-electron chi connectivity index (χ0n) is 15.5.